The fourth-order valence-electron chi connectivity index (χ4n) is 2.05. The van der Waals surface area contributed by atoms with Crippen LogP contribution in [-0.4, -0.2) is 27.4 Å². The average Bonchev–Trinajstić information content (AvgIpc) is 2.39. The highest BCUT2D eigenvalue weighted by Gasteiger charge is 2.20. The van der Waals surface area contributed by atoms with E-state index in [4.69, 9.17) is 5.14 Å². The van der Waals surface area contributed by atoms with Gasteiger partial charge in [0.1, 0.15) is 0 Å². The van der Waals surface area contributed by atoms with Gasteiger partial charge in [0.15, 0.2) is 0 Å². The van der Waals surface area contributed by atoms with Crippen LogP contribution in [0.2, 0.25) is 0 Å². The van der Waals surface area contributed by atoms with Crippen molar-refractivity contribution in [2.24, 2.45) is 11.1 Å². The van der Waals surface area contributed by atoms with E-state index in [1.807, 2.05) is 0 Å². The molecule has 19 heavy (non-hydrogen) atoms. The maximum Gasteiger partial charge on any atom is 0.238 e. The summed E-state index contributed by atoms with van der Waals surface area (Å²) in [5.41, 5.74) is 0.572. The van der Waals surface area contributed by atoms with E-state index in [9.17, 15) is 13.2 Å². The van der Waals surface area contributed by atoms with Gasteiger partial charge >= 0.3 is 0 Å². The lowest BCUT2D eigenvalue weighted by Crippen LogP contribution is -2.37. The van der Waals surface area contributed by atoms with Gasteiger partial charge in [-0.25, -0.2) is 13.6 Å². The van der Waals surface area contributed by atoms with Crippen molar-refractivity contribution >= 4 is 21.6 Å². The number of primary sulfonamides is 1. The van der Waals surface area contributed by atoms with E-state index in [-0.39, 0.29) is 16.7 Å². The predicted octanol–water partition coefficient (Wildman–Crippen LogP) is 0.272. The number of benzene rings is 1. The molecule has 1 heterocycles. The zero-order chi connectivity index (χ0) is 13.9. The van der Waals surface area contributed by atoms with Gasteiger partial charge in [0.05, 0.1) is 10.8 Å². The Morgan fingerprint density at radius 3 is 2.53 bits per heavy atom. The Morgan fingerprint density at radius 2 is 2.00 bits per heavy atom. The van der Waals surface area contributed by atoms with Crippen LogP contribution < -0.4 is 15.8 Å². The van der Waals surface area contributed by atoms with Gasteiger partial charge in [-0.3, -0.25) is 4.79 Å². The third kappa shape index (κ3) is 3.76. The summed E-state index contributed by atoms with van der Waals surface area (Å²) in [4.78, 5) is 12.0. The summed E-state index contributed by atoms with van der Waals surface area (Å²) in [6, 6.07) is 5.83. The third-order valence-electron chi connectivity index (χ3n) is 3.12. The molecule has 1 aromatic carbocycles. The molecule has 1 amide bonds. The molecule has 0 radical (unpaired) electrons. The van der Waals surface area contributed by atoms with Gasteiger partial charge in [0, 0.05) is 12.2 Å². The molecule has 104 valence electrons. The second-order valence-corrected chi connectivity index (χ2v) is 6.16. The molecule has 0 aliphatic carbocycles. The molecular weight excluding hydrogens is 266 g/mol. The monoisotopic (exact) mass is 283 g/mol. The van der Waals surface area contributed by atoms with Gasteiger partial charge in [-0.2, -0.15) is 0 Å². The highest BCUT2D eigenvalue weighted by atomic mass is 32.2. The molecule has 1 aliphatic heterocycles. The van der Waals surface area contributed by atoms with E-state index in [0.29, 0.717) is 12.2 Å². The van der Waals surface area contributed by atoms with Crippen LogP contribution in [0.5, 0.6) is 0 Å². The summed E-state index contributed by atoms with van der Waals surface area (Å²) in [5, 5.41) is 11.0. The highest BCUT2D eigenvalue weighted by Crippen LogP contribution is 2.16. The number of hydrogen-bond donors (Lipinski definition) is 3. The lowest BCUT2D eigenvalue weighted by Gasteiger charge is -2.21. The summed E-state index contributed by atoms with van der Waals surface area (Å²) in [6.45, 7) is 1.63. The zero-order valence-electron chi connectivity index (χ0n) is 10.4. The molecule has 6 nitrogen and oxygen atoms in total. The van der Waals surface area contributed by atoms with Gasteiger partial charge < -0.3 is 10.6 Å². The van der Waals surface area contributed by atoms with E-state index >= 15 is 0 Å². The fourth-order valence-corrected chi connectivity index (χ4v) is 2.56. The van der Waals surface area contributed by atoms with Crippen LogP contribution >= 0.6 is 0 Å². The first-order chi connectivity index (χ1) is 8.97. The summed E-state index contributed by atoms with van der Waals surface area (Å²) in [5.74, 6) is -0.0813. The Kier molecular flexibility index (Phi) is 4.18. The standard InChI is InChI=1S/C12H17N3O3S/c13-19(17,18)11-5-3-10(4-6-11)15-12(16)9-2-1-7-14-8-9/h3-6,9,14H,1-2,7-8H2,(H,15,16)(H2,13,17,18). The molecule has 2 rings (SSSR count). The van der Waals surface area contributed by atoms with E-state index in [1.54, 1.807) is 0 Å². The van der Waals surface area contributed by atoms with Crippen LogP contribution in [0.1, 0.15) is 12.8 Å². The van der Waals surface area contributed by atoms with Crippen LogP contribution in [0.15, 0.2) is 29.2 Å². The first kappa shape index (κ1) is 14.0. The number of piperidine rings is 1. The molecule has 0 spiro atoms. The van der Waals surface area contributed by atoms with Gasteiger partial charge in [-0.15, -0.1) is 0 Å². The molecule has 7 heteroatoms. The van der Waals surface area contributed by atoms with E-state index in [2.05, 4.69) is 10.6 Å². The minimum Gasteiger partial charge on any atom is -0.326 e. The van der Waals surface area contributed by atoms with Crippen LogP contribution in [0.4, 0.5) is 5.69 Å². The van der Waals surface area contributed by atoms with Gasteiger partial charge in [-0.1, -0.05) is 0 Å². The normalized spacial score (nSPS) is 19.9. The van der Waals surface area contributed by atoms with Gasteiger partial charge in [-0.05, 0) is 43.7 Å². The van der Waals surface area contributed by atoms with Crippen molar-refractivity contribution < 1.29 is 13.2 Å². The van der Waals surface area contributed by atoms with E-state index in [1.165, 1.54) is 24.3 Å². The molecule has 1 unspecified atom stereocenters. The molecule has 0 aromatic heterocycles. The SMILES string of the molecule is NS(=O)(=O)c1ccc(NC(=O)C2CCCNC2)cc1. The number of rotatable bonds is 3. The molecule has 1 fully saturated rings. The Bertz CT molecular complexity index is 548. The van der Waals surface area contributed by atoms with Crippen molar-refractivity contribution in [3.63, 3.8) is 0 Å². The van der Waals surface area contributed by atoms with Crippen molar-refractivity contribution in [1.29, 1.82) is 0 Å². The first-order valence-corrected chi connectivity index (χ1v) is 7.66. The lowest BCUT2D eigenvalue weighted by atomic mass is 9.99. The largest absolute Gasteiger partial charge is 0.326 e. The predicted molar refractivity (Wildman–Crippen MR) is 72.0 cm³/mol. The van der Waals surface area contributed by atoms with Crippen molar-refractivity contribution in [1.82, 2.24) is 5.32 Å². The molecule has 0 bridgehead atoms. The third-order valence-corrected chi connectivity index (χ3v) is 4.05. The number of sulfonamides is 1. The first-order valence-electron chi connectivity index (χ1n) is 6.11. The molecule has 0 saturated carbocycles. The van der Waals surface area contributed by atoms with Gasteiger partial charge in [0.2, 0.25) is 15.9 Å². The summed E-state index contributed by atoms with van der Waals surface area (Å²) >= 11 is 0. The number of amides is 1. The summed E-state index contributed by atoms with van der Waals surface area (Å²) in [7, 11) is -3.69. The summed E-state index contributed by atoms with van der Waals surface area (Å²) in [6.07, 6.45) is 1.86. The number of carbonyl (C=O) groups excluding carboxylic acids is 1. The highest BCUT2D eigenvalue weighted by molar-refractivity contribution is 7.89. The number of carbonyl (C=O) groups is 1. The average molecular weight is 283 g/mol. The van der Waals surface area contributed by atoms with Crippen molar-refractivity contribution in [3.05, 3.63) is 24.3 Å². The molecule has 1 saturated heterocycles. The quantitative estimate of drug-likeness (QED) is 0.741. The van der Waals surface area contributed by atoms with Crippen molar-refractivity contribution in [2.45, 2.75) is 17.7 Å². The molecule has 1 aromatic rings. The maximum absolute atomic E-state index is 12.0. The maximum atomic E-state index is 12.0. The van der Waals surface area contributed by atoms with Crippen LogP contribution in [0.25, 0.3) is 0 Å². The van der Waals surface area contributed by atoms with Gasteiger partial charge in [0.25, 0.3) is 0 Å². The minimum absolute atomic E-state index is 0.0323. The lowest BCUT2D eigenvalue weighted by molar-refractivity contribution is -0.120. The molecule has 1 atom stereocenters. The van der Waals surface area contributed by atoms with Crippen LogP contribution in [0.3, 0.4) is 0 Å². The van der Waals surface area contributed by atoms with Crippen molar-refractivity contribution in [2.75, 3.05) is 18.4 Å². The number of nitrogens with two attached hydrogens (primary N) is 1. The summed E-state index contributed by atoms with van der Waals surface area (Å²) < 4.78 is 22.2. The Labute approximate surface area is 112 Å². The smallest absolute Gasteiger partial charge is 0.238 e. The Morgan fingerprint density at radius 1 is 1.32 bits per heavy atom. The van der Waals surface area contributed by atoms with Crippen LogP contribution in [0, 0.1) is 5.92 Å². The Hall–Kier alpha value is -1.44. The number of anilines is 1. The van der Waals surface area contributed by atoms with Crippen molar-refractivity contribution in [3.8, 4) is 0 Å². The van der Waals surface area contributed by atoms with E-state index < -0.39 is 10.0 Å². The van der Waals surface area contributed by atoms with E-state index in [0.717, 1.165) is 19.4 Å². The second-order valence-electron chi connectivity index (χ2n) is 4.60. The number of nitrogens with one attached hydrogen (secondary N) is 2. The molecular formula is C12H17N3O3S. The second kappa shape index (κ2) is 5.68. The Balaban J connectivity index is 2.01. The zero-order valence-corrected chi connectivity index (χ0v) is 11.2. The fraction of sp³-hybridized carbons (Fsp3) is 0.417. The number of hydrogen-bond acceptors (Lipinski definition) is 4. The molecule has 4 N–H and O–H groups in total. The molecule has 1 aliphatic rings. The minimum atomic E-state index is -3.69. The topological polar surface area (TPSA) is 101 Å². The van der Waals surface area contributed by atoms with Crippen LogP contribution in [-0.2, 0) is 14.8 Å².